The molecule has 0 aliphatic rings. The van der Waals surface area contributed by atoms with Crippen molar-refractivity contribution in [2.75, 3.05) is 11.9 Å². The fourth-order valence-corrected chi connectivity index (χ4v) is 3.78. The maximum absolute atomic E-state index is 12.3. The first kappa shape index (κ1) is 22.7. The van der Waals surface area contributed by atoms with E-state index >= 15 is 0 Å². The Morgan fingerprint density at radius 3 is 2.41 bits per heavy atom. The molecule has 0 spiro atoms. The third-order valence-electron chi connectivity index (χ3n) is 5.43. The molecule has 0 saturated carbocycles. The molecule has 0 saturated heterocycles. The van der Waals surface area contributed by atoms with Gasteiger partial charge in [-0.05, 0) is 58.9 Å². The molecule has 10 heteroatoms. The van der Waals surface area contributed by atoms with Gasteiger partial charge in [-0.3, -0.25) is 0 Å². The fraction of sp³-hybridized carbons (Fsp3) is 0.250. The monoisotopic (exact) mass is 456 g/mol. The predicted octanol–water partition coefficient (Wildman–Crippen LogP) is 3.87. The van der Waals surface area contributed by atoms with Crippen molar-refractivity contribution in [2.24, 2.45) is 0 Å². The van der Waals surface area contributed by atoms with Gasteiger partial charge in [0.1, 0.15) is 17.7 Å². The lowest BCUT2D eigenvalue weighted by Crippen LogP contribution is -2.08. The number of nitriles is 1. The Kier molecular flexibility index (Phi) is 6.10. The van der Waals surface area contributed by atoms with E-state index in [0.717, 1.165) is 22.8 Å². The van der Waals surface area contributed by atoms with E-state index in [9.17, 15) is 4.79 Å². The molecule has 34 heavy (non-hydrogen) atoms. The van der Waals surface area contributed by atoms with E-state index in [0.29, 0.717) is 40.8 Å². The minimum atomic E-state index is -0.405. The summed E-state index contributed by atoms with van der Waals surface area (Å²) in [5.41, 5.74) is 5.58. The molecule has 1 aromatic carbocycles. The number of benzene rings is 1. The van der Waals surface area contributed by atoms with Crippen LogP contribution in [0.2, 0.25) is 0 Å². The molecule has 1 N–H and O–H groups in total. The largest absolute Gasteiger partial charge is 0.462 e. The molecule has 0 amide bonds. The van der Waals surface area contributed by atoms with Gasteiger partial charge < -0.3 is 10.1 Å². The molecular weight excluding hydrogens is 432 g/mol. The molecule has 10 nitrogen and oxygen atoms in total. The maximum atomic E-state index is 12.3. The molecule has 0 unspecified atom stereocenters. The van der Waals surface area contributed by atoms with Crippen LogP contribution in [0.3, 0.4) is 0 Å². The number of anilines is 2. The first-order valence-electron chi connectivity index (χ1n) is 10.7. The lowest BCUT2D eigenvalue weighted by Gasteiger charge is -2.09. The highest BCUT2D eigenvalue weighted by Crippen LogP contribution is 2.27. The van der Waals surface area contributed by atoms with Crippen LogP contribution in [0.15, 0.2) is 36.7 Å². The number of nitrogens with one attached hydrogen (secondary N) is 1. The zero-order valence-electron chi connectivity index (χ0n) is 19.6. The highest BCUT2D eigenvalue weighted by molar-refractivity contribution is 5.92. The van der Waals surface area contributed by atoms with E-state index in [-0.39, 0.29) is 0 Å². The van der Waals surface area contributed by atoms with E-state index in [2.05, 4.69) is 31.6 Å². The van der Waals surface area contributed by atoms with Crippen molar-refractivity contribution < 1.29 is 9.53 Å². The zero-order chi connectivity index (χ0) is 24.4. The normalized spacial score (nSPS) is 10.7. The summed E-state index contributed by atoms with van der Waals surface area (Å²) in [4.78, 5) is 21.0. The summed E-state index contributed by atoms with van der Waals surface area (Å²) in [5.74, 6) is 0.668. The van der Waals surface area contributed by atoms with Crippen molar-refractivity contribution in [3.05, 3.63) is 70.6 Å². The molecule has 0 radical (unpaired) electrons. The van der Waals surface area contributed by atoms with Crippen LogP contribution >= 0.6 is 0 Å². The summed E-state index contributed by atoms with van der Waals surface area (Å²) in [5, 5.41) is 21.5. The quantitative estimate of drug-likeness (QED) is 0.434. The van der Waals surface area contributed by atoms with Crippen LogP contribution in [0.4, 0.5) is 11.5 Å². The third-order valence-corrected chi connectivity index (χ3v) is 5.43. The van der Waals surface area contributed by atoms with Gasteiger partial charge in [-0.25, -0.2) is 24.1 Å². The van der Waals surface area contributed by atoms with Crippen LogP contribution in [0.1, 0.15) is 45.6 Å². The Hall–Kier alpha value is -4.52. The van der Waals surface area contributed by atoms with Crippen LogP contribution in [-0.2, 0) is 4.74 Å². The SMILES string of the molecule is CCOC(=O)c1c(C)nn(-c2cc(Nc3c(C)nn(-c4ccc(C#N)cc4)c3C)ncn2)c1C. The Bertz CT molecular complexity index is 1410. The van der Waals surface area contributed by atoms with Crippen LogP contribution in [-0.4, -0.2) is 42.1 Å². The van der Waals surface area contributed by atoms with Crippen LogP contribution in [0, 0.1) is 39.0 Å². The fourth-order valence-electron chi connectivity index (χ4n) is 3.78. The second kappa shape index (κ2) is 9.15. The standard InChI is InChI=1S/C24H24N8O2/c1-6-34-24(33)22-14(2)29-32(16(22)4)21-11-20(26-13-27-21)28-23-15(3)30-31(17(23)5)19-9-7-18(12-25)8-10-19/h7-11,13H,6H2,1-5H3,(H,26,27,28). The van der Waals surface area contributed by atoms with Crippen molar-refractivity contribution in [2.45, 2.75) is 34.6 Å². The number of esters is 1. The smallest absolute Gasteiger partial charge is 0.341 e. The van der Waals surface area contributed by atoms with Gasteiger partial charge in [0.15, 0.2) is 5.82 Å². The van der Waals surface area contributed by atoms with E-state index in [1.807, 2.05) is 30.7 Å². The van der Waals surface area contributed by atoms with Gasteiger partial charge in [0.25, 0.3) is 0 Å². The Balaban J connectivity index is 1.65. The van der Waals surface area contributed by atoms with Gasteiger partial charge >= 0.3 is 5.97 Å². The lowest BCUT2D eigenvalue weighted by atomic mass is 10.2. The highest BCUT2D eigenvalue weighted by atomic mass is 16.5. The van der Waals surface area contributed by atoms with Gasteiger partial charge in [0, 0.05) is 6.07 Å². The Labute approximate surface area is 196 Å². The van der Waals surface area contributed by atoms with Crippen LogP contribution in [0.5, 0.6) is 0 Å². The first-order chi connectivity index (χ1) is 16.3. The summed E-state index contributed by atoms with van der Waals surface area (Å²) in [6.07, 6.45) is 1.44. The molecule has 0 fully saturated rings. The number of hydrogen-bond donors (Lipinski definition) is 1. The minimum Gasteiger partial charge on any atom is -0.462 e. The van der Waals surface area contributed by atoms with Crippen LogP contribution < -0.4 is 5.32 Å². The van der Waals surface area contributed by atoms with Gasteiger partial charge in [-0.2, -0.15) is 15.5 Å². The van der Waals surface area contributed by atoms with Crippen LogP contribution in [0.25, 0.3) is 11.5 Å². The number of aryl methyl sites for hydroxylation is 2. The molecule has 3 heterocycles. The zero-order valence-corrected chi connectivity index (χ0v) is 19.6. The summed E-state index contributed by atoms with van der Waals surface area (Å²) in [6.45, 7) is 9.49. The van der Waals surface area contributed by atoms with E-state index < -0.39 is 5.97 Å². The number of carbonyl (C=O) groups is 1. The van der Waals surface area contributed by atoms with E-state index in [4.69, 9.17) is 10.00 Å². The number of ether oxygens (including phenoxy) is 1. The molecular formula is C24H24N8O2. The third kappa shape index (κ3) is 4.11. The van der Waals surface area contributed by atoms with Crippen molar-refractivity contribution >= 4 is 17.5 Å². The number of nitrogens with zero attached hydrogens (tertiary/aromatic N) is 7. The molecule has 3 aromatic heterocycles. The Morgan fingerprint density at radius 1 is 1.03 bits per heavy atom. The number of carbonyl (C=O) groups excluding carboxylic acids is 1. The minimum absolute atomic E-state index is 0.291. The molecule has 4 aromatic rings. The van der Waals surface area contributed by atoms with Gasteiger partial charge in [0.2, 0.25) is 0 Å². The molecule has 0 bridgehead atoms. The Morgan fingerprint density at radius 2 is 1.74 bits per heavy atom. The summed E-state index contributed by atoms with van der Waals surface area (Å²) in [7, 11) is 0. The van der Waals surface area contributed by atoms with Gasteiger partial charge in [-0.15, -0.1) is 0 Å². The van der Waals surface area contributed by atoms with Crippen molar-refractivity contribution in [1.82, 2.24) is 29.5 Å². The van der Waals surface area contributed by atoms with Gasteiger partial charge in [0.05, 0.1) is 52.4 Å². The average molecular weight is 457 g/mol. The van der Waals surface area contributed by atoms with Gasteiger partial charge in [-0.1, -0.05) is 0 Å². The first-order valence-corrected chi connectivity index (χ1v) is 10.7. The van der Waals surface area contributed by atoms with E-state index in [1.54, 1.807) is 43.7 Å². The van der Waals surface area contributed by atoms with Crippen molar-refractivity contribution in [3.63, 3.8) is 0 Å². The second-order valence-corrected chi connectivity index (χ2v) is 7.68. The summed E-state index contributed by atoms with van der Waals surface area (Å²) >= 11 is 0. The van der Waals surface area contributed by atoms with Crippen molar-refractivity contribution in [3.8, 4) is 17.6 Å². The molecule has 0 aliphatic heterocycles. The molecule has 4 rings (SSSR count). The lowest BCUT2D eigenvalue weighted by molar-refractivity contribution is 0.0524. The topological polar surface area (TPSA) is 124 Å². The maximum Gasteiger partial charge on any atom is 0.341 e. The molecule has 0 atom stereocenters. The predicted molar refractivity (Wildman–Crippen MR) is 126 cm³/mol. The average Bonchev–Trinajstić information content (AvgIpc) is 3.29. The van der Waals surface area contributed by atoms with Crippen molar-refractivity contribution in [1.29, 1.82) is 5.26 Å². The number of hydrogen-bond acceptors (Lipinski definition) is 8. The highest BCUT2D eigenvalue weighted by Gasteiger charge is 2.21. The number of rotatable bonds is 6. The summed E-state index contributed by atoms with van der Waals surface area (Å²) in [6, 6.07) is 11.1. The molecule has 0 aliphatic carbocycles. The second-order valence-electron chi connectivity index (χ2n) is 7.68. The molecule has 172 valence electrons. The van der Waals surface area contributed by atoms with E-state index in [1.165, 1.54) is 6.33 Å². The number of aromatic nitrogens is 6. The summed E-state index contributed by atoms with van der Waals surface area (Å²) < 4.78 is 8.58.